The number of aromatic nitrogens is 2. The van der Waals surface area contributed by atoms with Crippen LogP contribution in [0.15, 0.2) is 36.5 Å². The average molecular weight is 319 g/mol. The third-order valence-electron chi connectivity index (χ3n) is 4.26. The number of halogens is 1. The Morgan fingerprint density at radius 2 is 2.09 bits per heavy atom. The molecular formula is C17H22FN3O2. The average Bonchev–Trinajstić information content (AvgIpc) is 2.92. The molecule has 3 rings (SSSR count). The first-order valence-corrected chi connectivity index (χ1v) is 7.84. The SMILES string of the molecule is Cn1nccc1CN1CCCC(O)(COc2ccc(F)cc2)C1. The van der Waals surface area contributed by atoms with Crippen LogP contribution in [0.3, 0.4) is 0 Å². The topological polar surface area (TPSA) is 50.5 Å². The molecule has 1 atom stereocenters. The van der Waals surface area contributed by atoms with E-state index in [1.54, 1.807) is 18.3 Å². The van der Waals surface area contributed by atoms with Gasteiger partial charge in [0.05, 0.1) is 5.69 Å². The van der Waals surface area contributed by atoms with Crippen LogP contribution in [0.5, 0.6) is 5.75 Å². The molecule has 23 heavy (non-hydrogen) atoms. The molecule has 5 nitrogen and oxygen atoms in total. The van der Waals surface area contributed by atoms with Crippen molar-refractivity contribution < 1.29 is 14.2 Å². The highest BCUT2D eigenvalue weighted by atomic mass is 19.1. The molecule has 1 N–H and O–H groups in total. The smallest absolute Gasteiger partial charge is 0.123 e. The van der Waals surface area contributed by atoms with Crippen molar-refractivity contribution >= 4 is 0 Å². The normalized spacial score (nSPS) is 22.2. The molecule has 1 aliphatic heterocycles. The molecule has 1 unspecified atom stereocenters. The number of hydrogen-bond acceptors (Lipinski definition) is 4. The van der Waals surface area contributed by atoms with Crippen molar-refractivity contribution in [1.29, 1.82) is 0 Å². The van der Waals surface area contributed by atoms with Gasteiger partial charge in [0.2, 0.25) is 0 Å². The van der Waals surface area contributed by atoms with E-state index < -0.39 is 5.60 Å². The number of hydrogen-bond donors (Lipinski definition) is 1. The second-order valence-electron chi connectivity index (χ2n) is 6.23. The number of rotatable bonds is 5. The van der Waals surface area contributed by atoms with E-state index in [9.17, 15) is 9.50 Å². The summed E-state index contributed by atoms with van der Waals surface area (Å²) in [6, 6.07) is 7.86. The maximum absolute atomic E-state index is 12.9. The Labute approximate surface area is 135 Å². The van der Waals surface area contributed by atoms with Gasteiger partial charge in [0.15, 0.2) is 0 Å². The molecule has 124 valence electrons. The van der Waals surface area contributed by atoms with Gasteiger partial charge in [-0.1, -0.05) is 0 Å². The fourth-order valence-corrected chi connectivity index (χ4v) is 2.99. The molecule has 0 saturated carbocycles. The Morgan fingerprint density at radius 1 is 1.30 bits per heavy atom. The van der Waals surface area contributed by atoms with Crippen molar-refractivity contribution in [1.82, 2.24) is 14.7 Å². The van der Waals surface area contributed by atoms with Gasteiger partial charge in [-0.3, -0.25) is 9.58 Å². The number of β-amino-alcohol motifs (C(OH)–C–C–N with tert-alkyl or cyclic N) is 1. The van der Waals surface area contributed by atoms with Crippen molar-refractivity contribution in [2.75, 3.05) is 19.7 Å². The van der Waals surface area contributed by atoms with Crippen LogP contribution in [0.25, 0.3) is 0 Å². The van der Waals surface area contributed by atoms with E-state index in [0.29, 0.717) is 18.7 Å². The molecule has 0 amide bonds. The summed E-state index contributed by atoms with van der Waals surface area (Å²) in [4.78, 5) is 2.22. The van der Waals surface area contributed by atoms with Crippen molar-refractivity contribution in [3.63, 3.8) is 0 Å². The maximum Gasteiger partial charge on any atom is 0.123 e. The Kier molecular flexibility index (Phi) is 4.63. The third-order valence-corrected chi connectivity index (χ3v) is 4.26. The highest BCUT2D eigenvalue weighted by Gasteiger charge is 2.34. The van der Waals surface area contributed by atoms with Crippen molar-refractivity contribution in [2.45, 2.75) is 25.0 Å². The zero-order chi connectivity index (χ0) is 16.3. The quantitative estimate of drug-likeness (QED) is 0.915. The fourth-order valence-electron chi connectivity index (χ4n) is 2.99. The molecule has 0 spiro atoms. The lowest BCUT2D eigenvalue weighted by molar-refractivity contribution is -0.0625. The first-order valence-electron chi connectivity index (χ1n) is 7.84. The van der Waals surface area contributed by atoms with Crippen LogP contribution < -0.4 is 4.74 Å². The van der Waals surface area contributed by atoms with Crippen LogP contribution >= 0.6 is 0 Å². The van der Waals surface area contributed by atoms with Gasteiger partial charge in [-0.25, -0.2) is 4.39 Å². The standard InChI is InChI=1S/C17H22FN3O2/c1-20-15(7-9-19-20)11-21-10-2-8-17(22,12-21)13-23-16-5-3-14(18)4-6-16/h3-7,9,22H,2,8,10-13H2,1H3. The molecule has 0 aliphatic carbocycles. The van der Waals surface area contributed by atoms with Gasteiger partial charge in [0, 0.05) is 26.3 Å². The van der Waals surface area contributed by atoms with E-state index in [1.807, 2.05) is 17.8 Å². The molecule has 0 radical (unpaired) electrons. The van der Waals surface area contributed by atoms with E-state index >= 15 is 0 Å². The summed E-state index contributed by atoms with van der Waals surface area (Å²) in [5, 5.41) is 15.0. The largest absolute Gasteiger partial charge is 0.491 e. The van der Waals surface area contributed by atoms with Crippen molar-refractivity contribution in [2.24, 2.45) is 7.05 Å². The van der Waals surface area contributed by atoms with E-state index in [4.69, 9.17) is 4.74 Å². The number of aliphatic hydroxyl groups is 1. The maximum atomic E-state index is 12.9. The van der Waals surface area contributed by atoms with E-state index in [1.165, 1.54) is 12.1 Å². The van der Waals surface area contributed by atoms with Crippen LogP contribution in [0.2, 0.25) is 0 Å². The molecule has 1 saturated heterocycles. The first kappa shape index (κ1) is 16.0. The van der Waals surface area contributed by atoms with Crippen molar-refractivity contribution in [3.8, 4) is 5.75 Å². The highest BCUT2D eigenvalue weighted by molar-refractivity contribution is 5.22. The molecule has 1 aliphatic rings. The number of nitrogens with zero attached hydrogens (tertiary/aromatic N) is 3. The van der Waals surface area contributed by atoms with Crippen LogP contribution in [0.1, 0.15) is 18.5 Å². The summed E-state index contributed by atoms with van der Waals surface area (Å²) in [7, 11) is 1.92. The summed E-state index contributed by atoms with van der Waals surface area (Å²) in [6.07, 6.45) is 3.40. The number of ether oxygens (including phenoxy) is 1. The van der Waals surface area contributed by atoms with Gasteiger partial charge in [-0.2, -0.15) is 5.10 Å². The number of piperidine rings is 1. The fraction of sp³-hybridized carbons (Fsp3) is 0.471. The van der Waals surface area contributed by atoms with Crippen LogP contribution in [0, 0.1) is 5.82 Å². The summed E-state index contributed by atoms with van der Waals surface area (Å²) >= 11 is 0. The van der Waals surface area contributed by atoms with Gasteiger partial charge < -0.3 is 9.84 Å². The van der Waals surface area contributed by atoms with E-state index in [0.717, 1.165) is 25.2 Å². The van der Waals surface area contributed by atoms with Gasteiger partial charge >= 0.3 is 0 Å². The summed E-state index contributed by atoms with van der Waals surface area (Å²) in [5.41, 5.74) is 0.235. The van der Waals surface area contributed by atoms with Crippen LogP contribution in [-0.2, 0) is 13.6 Å². The lowest BCUT2D eigenvalue weighted by Gasteiger charge is -2.38. The van der Waals surface area contributed by atoms with E-state index in [-0.39, 0.29) is 12.4 Å². The molecule has 6 heteroatoms. The molecule has 2 heterocycles. The van der Waals surface area contributed by atoms with E-state index in [2.05, 4.69) is 10.00 Å². The monoisotopic (exact) mass is 319 g/mol. The summed E-state index contributed by atoms with van der Waals surface area (Å²) in [6.45, 7) is 2.47. The van der Waals surface area contributed by atoms with Gasteiger partial charge in [-0.15, -0.1) is 0 Å². The molecule has 0 bridgehead atoms. The Morgan fingerprint density at radius 3 is 2.78 bits per heavy atom. The van der Waals surface area contributed by atoms with Gasteiger partial charge in [0.25, 0.3) is 0 Å². The molecule has 1 aromatic carbocycles. The minimum Gasteiger partial charge on any atom is -0.491 e. The Balaban J connectivity index is 1.57. The predicted molar refractivity (Wildman–Crippen MR) is 84.6 cm³/mol. The lowest BCUT2D eigenvalue weighted by Crippen LogP contribution is -2.51. The molecular weight excluding hydrogens is 297 g/mol. The van der Waals surface area contributed by atoms with Crippen LogP contribution in [0.4, 0.5) is 4.39 Å². The predicted octanol–water partition coefficient (Wildman–Crippen LogP) is 1.97. The molecule has 2 aromatic rings. The zero-order valence-electron chi connectivity index (χ0n) is 13.3. The Bertz CT molecular complexity index is 644. The summed E-state index contributed by atoms with van der Waals surface area (Å²) in [5.74, 6) is 0.277. The van der Waals surface area contributed by atoms with Crippen LogP contribution in [-0.4, -0.2) is 45.1 Å². The second kappa shape index (κ2) is 6.68. The highest BCUT2D eigenvalue weighted by Crippen LogP contribution is 2.24. The van der Waals surface area contributed by atoms with Gasteiger partial charge in [0.1, 0.15) is 23.8 Å². The minimum atomic E-state index is -0.884. The zero-order valence-corrected chi connectivity index (χ0v) is 13.3. The third kappa shape index (κ3) is 4.09. The second-order valence-corrected chi connectivity index (χ2v) is 6.23. The lowest BCUT2D eigenvalue weighted by atomic mass is 9.93. The number of aryl methyl sites for hydroxylation is 1. The minimum absolute atomic E-state index is 0.209. The Hall–Kier alpha value is -1.92. The molecule has 1 aromatic heterocycles. The van der Waals surface area contributed by atoms with Gasteiger partial charge in [-0.05, 0) is 49.7 Å². The van der Waals surface area contributed by atoms with Crippen molar-refractivity contribution in [3.05, 3.63) is 48.0 Å². The number of likely N-dealkylation sites (tertiary alicyclic amines) is 1. The first-order chi connectivity index (χ1) is 11.0. The molecule has 1 fully saturated rings. The number of benzene rings is 1. The summed E-state index contributed by atoms with van der Waals surface area (Å²) < 4.78 is 20.4.